The van der Waals surface area contributed by atoms with Crippen LogP contribution in [0.4, 0.5) is 0 Å². The van der Waals surface area contributed by atoms with Gasteiger partial charge in [0.2, 0.25) is 0 Å². The summed E-state index contributed by atoms with van der Waals surface area (Å²) in [5.41, 5.74) is 5.00. The van der Waals surface area contributed by atoms with Crippen LogP contribution in [-0.4, -0.2) is 25.2 Å². The Morgan fingerprint density at radius 3 is 2.60 bits per heavy atom. The maximum atomic E-state index is 12.6. The smallest absolute Gasteiger partial charge is 0.262 e. The molecule has 7 heteroatoms. The normalized spacial score (nSPS) is 11.5. The van der Waals surface area contributed by atoms with Crippen LogP contribution in [0, 0.1) is 31.1 Å². The Morgan fingerprint density at radius 1 is 1.27 bits per heavy atom. The summed E-state index contributed by atoms with van der Waals surface area (Å²) >= 11 is 0. The quantitative estimate of drug-likeness (QED) is 0.483. The highest BCUT2D eigenvalue weighted by molar-refractivity contribution is 6.01. The van der Waals surface area contributed by atoms with Gasteiger partial charge in [-0.05, 0) is 55.2 Å². The van der Waals surface area contributed by atoms with Gasteiger partial charge in [0.25, 0.3) is 5.91 Å². The number of benzene rings is 1. The average Bonchev–Trinajstić information content (AvgIpc) is 3.35. The molecule has 1 N–H and O–H groups in total. The van der Waals surface area contributed by atoms with Gasteiger partial charge >= 0.3 is 0 Å². The topological polar surface area (TPSA) is 88.5 Å². The van der Waals surface area contributed by atoms with Crippen LogP contribution in [0.15, 0.2) is 48.6 Å². The minimum absolute atomic E-state index is 0.0963. The lowest BCUT2D eigenvalue weighted by atomic mass is 10.1. The Kier molecular flexibility index (Phi) is 6.48. The number of hydrogen-bond donors (Lipinski definition) is 1. The molecule has 0 radical (unpaired) electrons. The molecule has 0 saturated carbocycles. The zero-order valence-corrected chi connectivity index (χ0v) is 17.8. The third-order valence-electron chi connectivity index (χ3n) is 4.90. The highest BCUT2D eigenvalue weighted by Gasteiger charge is 2.13. The second kappa shape index (κ2) is 9.23. The first-order valence-corrected chi connectivity index (χ1v) is 9.89. The number of nitriles is 1. The second-order valence-corrected chi connectivity index (χ2v) is 7.69. The summed E-state index contributed by atoms with van der Waals surface area (Å²) in [5.74, 6) is 0.132. The van der Waals surface area contributed by atoms with Crippen molar-refractivity contribution < 1.29 is 4.79 Å². The molecule has 0 spiro atoms. The number of nitrogens with zero attached hydrogens (tertiary/aromatic N) is 5. The van der Waals surface area contributed by atoms with Crippen molar-refractivity contribution in [3.8, 4) is 11.8 Å². The van der Waals surface area contributed by atoms with Gasteiger partial charge in [-0.2, -0.15) is 10.4 Å². The van der Waals surface area contributed by atoms with Gasteiger partial charge in [-0.1, -0.05) is 26.0 Å². The largest absolute Gasteiger partial charge is 0.348 e. The lowest BCUT2D eigenvalue weighted by Gasteiger charge is -2.12. The average molecular weight is 403 g/mol. The molecule has 0 aliphatic carbocycles. The number of aryl methyl sites for hydroxylation is 1. The van der Waals surface area contributed by atoms with E-state index in [4.69, 9.17) is 0 Å². The summed E-state index contributed by atoms with van der Waals surface area (Å²) in [7, 11) is 0. The Morgan fingerprint density at radius 2 is 2.00 bits per heavy atom. The van der Waals surface area contributed by atoms with Gasteiger partial charge in [0.1, 0.15) is 24.3 Å². The minimum Gasteiger partial charge on any atom is -0.348 e. The number of carbonyl (C=O) groups is 1. The fourth-order valence-electron chi connectivity index (χ4n) is 3.31. The molecule has 7 nitrogen and oxygen atoms in total. The van der Waals surface area contributed by atoms with Gasteiger partial charge < -0.3 is 9.88 Å². The van der Waals surface area contributed by atoms with Crippen LogP contribution in [0.1, 0.15) is 36.4 Å². The molecule has 0 aliphatic heterocycles. The van der Waals surface area contributed by atoms with E-state index in [-0.39, 0.29) is 11.5 Å². The molecule has 0 aliphatic rings. The highest BCUT2D eigenvalue weighted by Crippen LogP contribution is 2.20. The van der Waals surface area contributed by atoms with Crippen molar-refractivity contribution in [3.05, 3.63) is 71.1 Å². The first-order valence-electron chi connectivity index (χ1n) is 9.89. The molecule has 3 rings (SSSR count). The number of carbonyl (C=O) groups excluding carboxylic acids is 1. The van der Waals surface area contributed by atoms with Crippen LogP contribution >= 0.6 is 0 Å². The molecular weight excluding hydrogens is 376 g/mol. The van der Waals surface area contributed by atoms with Crippen LogP contribution in [0.3, 0.4) is 0 Å². The molecule has 154 valence electrons. The van der Waals surface area contributed by atoms with E-state index in [1.54, 1.807) is 17.1 Å². The van der Waals surface area contributed by atoms with E-state index < -0.39 is 0 Å². The number of rotatable bonds is 7. The van der Waals surface area contributed by atoms with Crippen LogP contribution in [-0.2, 0) is 17.9 Å². The van der Waals surface area contributed by atoms with Gasteiger partial charge in [-0.3, -0.25) is 4.79 Å². The standard InChI is InChI=1S/C23H26N6O/c1-16(2)13-28-17(3)9-20(18(28)4)10-21(11-24)23(30)26-12-19-5-7-22(8-6-19)29-15-25-14-27-29/h5-10,14-16H,12-13H2,1-4H3,(H,26,30)/b21-10-. The van der Waals surface area contributed by atoms with Crippen molar-refractivity contribution in [2.45, 2.75) is 40.8 Å². The van der Waals surface area contributed by atoms with Crippen molar-refractivity contribution in [2.24, 2.45) is 5.92 Å². The van der Waals surface area contributed by atoms with Gasteiger partial charge in [-0.15, -0.1) is 0 Å². The molecule has 1 aromatic carbocycles. The number of hydrogen-bond acceptors (Lipinski definition) is 4. The summed E-state index contributed by atoms with van der Waals surface area (Å²) < 4.78 is 3.88. The van der Waals surface area contributed by atoms with Crippen LogP contribution in [0.5, 0.6) is 0 Å². The molecule has 0 atom stereocenters. The van der Waals surface area contributed by atoms with Gasteiger partial charge in [0, 0.05) is 24.5 Å². The maximum absolute atomic E-state index is 12.6. The molecule has 2 heterocycles. The lowest BCUT2D eigenvalue weighted by Crippen LogP contribution is -2.24. The summed E-state index contributed by atoms with van der Waals surface area (Å²) in [6, 6.07) is 11.7. The minimum atomic E-state index is -0.383. The summed E-state index contributed by atoms with van der Waals surface area (Å²) in [6.45, 7) is 9.64. The third kappa shape index (κ3) is 4.84. The van der Waals surface area contributed by atoms with E-state index in [0.29, 0.717) is 12.5 Å². The Hall–Kier alpha value is -3.66. The predicted molar refractivity (Wildman–Crippen MR) is 116 cm³/mol. The van der Waals surface area contributed by atoms with Crippen molar-refractivity contribution in [1.82, 2.24) is 24.6 Å². The fraction of sp³-hybridized carbons (Fsp3) is 0.304. The summed E-state index contributed by atoms with van der Waals surface area (Å²) in [4.78, 5) is 16.5. The van der Waals surface area contributed by atoms with Crippen LogP contribution in [0.2, 0.25) is 0 Å². The molecule has 0 unspecified atom stereocenters. The van der Waals surface area contributed by atoms with Gasteiger partial charge in [0.15, 0.2) is 0 Å². The molecule has 30 heavy (non-hydrogen) atoms. The zero-order chi connectivity index (χ0) is 21.7. The van der Waals surface area contributed by atoms with Crippen molar-refractivity contribution in [3.63, 3.8) is 0 Å². The predicted octanol–water partition coefficient (Wildman–Crippen LogP) is 3.57. The van der Waals surface area contributed by atoms with E-state index in [2.05, 4.69) is 33.8 Å². The zero-order valence-electron chi connectivity index (χ0n) is 17.8. The maximum Gasteiger partial charge on any atom is 0.262 e. The molecule has 0 saturated heterocycles. The van der Waals surface area contributed by atoms with E-state index >= 15 is 0 Å². The summed E-state index contributed by atoms with van der Waals surface area (Å²) in [5, 5.41) is 16.4. The molecule has 1 amide bonds. The second-order valence-electron chi connectivity index (χ2n) is 7.69. The van der Waals surface area contributed by atoms with Gasteiger partial charge in [0.05, 0.1) is 5.69 Å². The van der Waals surface area contributed by atoms with E-state index in [9.17, 15) is 10.1 Å². The highest BCUT2D eigenvalue weighted by atomic mass is 16.1. The Labute approximate surface area is 176 Å². The lowest BCUT2D eigenvalue weighted by molar-refractivity contribution is -0.117. The molecule has 3 aromatic rings. The Bertz CT molecular complexity index is 1080. The Balaban J connectivity index is 1.69. The van der Waals surface area contributed by atoms with Crippen molar-refractivity contribution in [2.75, 3.05) is 0 Å². The first kappa shape index (κ1) is 21.1. The third-order valence-corrected chi connectivity index (χ3v) is 4.90. The molecular formula is C23H26N6O. The monoisotopic (exact) mass is 402 g/mol. The van der Waals surface area contributed by atoms with Crippen molar-refractivity contribution >= 4 is 12.0 Å². The van der Waals surface area contributed by atoms with Crippen LogP contribution < -0.4 is 5.32 Å². The molecule has 0 fully saturated rings. The fourth-order valence-corrected chi connectivity index (χ4v) is 3.31. The van der Waals surface area contributed by atoms with Crippen molar-refractivity contribution in [1.29, 1.82) is 5.26 Å². The molecule has 0 bridgehead atoms. The van der Waals surface area contributed by atoms with Crippen LogP contribution in [0.25, 0.3) is 11.8 Å². The SMILES string of the molecule is Cc1cc(/C=C(/C#N)C(=O)NCc2ccc(-n3cncn3)cc2)c(C)n1CC(C)C. The molecule has 2 aromatic heterocycles. The van der Waals surface area contributed by atoms with E-state index in [0.717, 1.165) is 34.7 Å². The van der Waals surface area contributed by atoms with E-state index in [1.807, 2.05) is 50.2 Å². The first-order chi connectivity index (χ1) is 14.4. The summed E-state index contributed by atoms with van der Waals surface area (Å²) in [6.07, 6.45) is 4.77. The number of nitrogens with one attached hydrogen (secondary N) is 1. The number of aromatic nitrogens is 4. The van der Waals surface area contributed by atoms with Gasteiger partial charge in [-0.25, -0.2) is 9.67 Å². The number of amides is 1. The van der Waals surface area contributed by atoms with E-state index in [1.165, 1.54) is 6.33 Å².